The summed E-state index contributed by atoms with van der Waals surface area (Å²) < 4.78 is 12.2. The number of aromatic nitrogens is 2. The molecule has 31 heavy (non-hydrogen) atoms. The van der Waals surface area contributed by atoms with Gasteiger partial charge in [0.1, 0.15) is 23.5 Å². The van der Waals surface area contributed by atoms with E-state index in [2.05, 4.69) is 40.4 Å². The number of nitrogens with one attached hydrogen (secondary N) is 1. The van der Waals surface area contributed by atoms with Gasteiger partial charge in [0, 0.05) is 12.1 Å². The summed E-state index contributed by atoms with van der Waals surface area (Å²) in [6.45, 7) is 5.85. The van der Waals surface area contributed by atoms with Gasteiger partial charge in [-0.15, -0.1) is 0 Å². The van der Waals surface area contributed by atoms with Crippen LogP contribution in [0.5, 0.6) is 0 Å². The van der Waals surface area contributed by atoms with Crippen molar-refractivity contribution in [1.29, 1.82) is 0 Å². The minimum atomic E-state index is -0.420. The van der Waals surface area contributed by atoms with E-state index in [0.717, 1.165) is 25.7 Å². The van der Waals surface area contributed by atoms with Gasteiger partial charge in [-0.25, -0.2) is 9.97 Å². The molecule has 2 fully saturated rings. The first-order chi connectivity index (χ1) is 15.0. The predicted octanol–water partition coefficient (Wildman–Crippen LogP) is 4.16. The van der Waals surface area contributed by atoms with Crippen molar-refractivity contribution in [3.63, 3.8) is 0 Å². The molecule has 160 valence electrons. The minimum absolute atomic E-state index is 0.0311. The molecule has 4 heterocycles. The standard InChI is InChI=1S/C24H26N4O3/c1-15-18(19-20(27-23(2)9-10-23)25-14-26-21(19)31-15)22(29)28-11-5-8-24(13-28)17-7-4-3-6-16(17)12-30-24/h3-4,6-7,14H,5,8-13H2,1-2H3,(H,25,26,27). The van der Waals surface area contributed by atoms with E-state index >= 15 is 0 Å². The summed E-state index contributed by atoms with van der Waals surface area (Å²) in [5.74, 6) is 1.22. The summed E-state index contributed by atoms with van der Waals surface area (Å²) in [5.41, 5.74) is 3.07. The molecule has 3 aromatic rings. The van der Waals surface area contributed by atoms with Gasteiger partial charge in [0.05, 0.1) is 24.1 Å². The molecule has 2 aliphatic heterocycles. The lowest BCUT2D eigenvalue weighted by Crippen LogP contribution is -2.48. The molecule has 7 nitrogen and oxygen atoms in total. The normalized spacial score (nSPS) is 23.9. The van der Waals surface area contributed by atoms with E-state index < -0.39 is 5.60 Å². The number of benzene rings is 1. The van der Waals surface area contributed by atoms with Gasteiger partial charge in [0.2, 0.25) is 5.71 Å². The van der Waals surface area contributed by atoms with Crippen LogP contribution in [0.25, 0.3) is 11.1 Å². The smallest absolute Gasteiger partial charge is 0.258 e. The van der Waals surface area contributed by atoms with Crippen LogP contribution in [0.2, 0.25) is 0 Å². The Bertz CT molecular complexity index is 1190. The Balaban J connectivity index is 1.38. The Morgan fingerprint density at radius 1 is 1.19 bits per heavy atom. The number of aryl methyl sites for hydroxylation is 1. The van der Waals surface area contributed by atoms with Crippen molar-refractivity contribution in [3.8, 4) is 0 Å². The molecule has 7 heteroatoms. The van der Waals surface area contributed by atoms with E-state index in [-0.39, 0.29) is 11.4 Å². The lowest BCUT2D eigenvalue weighted by molar-refractivity contribution is -0.0785. The molecule has 1 spiro atoms. The molecule has 1 saturated heterocycles. The molecule has 2 aromatic heterocycles. The van der Waals surface area contributed by atoms with Crippen molar-refractivity contribution in [1.82, 2.24) is 14.9 Å². The van der Waals surface area contributed by atoms with E-state index in [1.165, 1.54) is 17.5 Å². The Kier molecular flexibility index (Phi) is 3.96. The van der Waals surface area contributed by atoms with Gasteiger partial charge in [-0.2, -0.15) is 0 Å². The Morgan fingerprint density at radius 3 is 2.87 bits per heavy atom. The van der Waals surface area contributed by atoms with Crippen LogP contribution in [0.3, 0.4) is 0 Å². The highest BCUT2D eigenvalue weighted by atomic mass is 16.5. The fourth-order valence-corrected chi connectivity index (χ4v) is 5.07. The van der Waals surface area contributed by atoms with Crippen LogP contribution >= 0.6 is 0 Å². The van der Waals surface area contributed by atoms with Crippen LogP contribution in [0.4, 0.5) is 5.82 Å². The molecule has 3 aliphatic rings. The molecule has 1 N–H and O–H groups in total. The first-order valence-electron chi connectivity index (χ1n) is 11.0. The number of hydrogen-bond donors (Lipinski definition) is 1. The zero-order valence-electron chi connectivity index (χ0n) is 17.9. The molecular formula is C24H26N4O3. The number of carbonyl (C=O) groups excluding carboxylic acids is 1. The third-order valence-corrected chi connectivity index (χ3v) is 7.05. The van der Waals surface area contributed by atoms with Gasteiger partial charge in [-0.1, -0.05) is 24.3 Å². The SMILES string of the molecule is Cc1oc2ncnc(NC3(C)CC3)c2c1C(=O)N1CCCC2(C1)OCc1ccccc12. The van der Waals surface area contributed by atoms with Gasteiger partial charge >= 0.3 is 0 Å². The third kappa shape index (κ3) is 2.94. The van der Waals surface area contributed by atoms with Crippen LogP contribution in [0, 0.1) is 6.92 Å². The van der Waals surface area contributed by atoms with E-state index in [1.807, 2.05) is 17.9 Å². The highest BCUT2D eigenvalue weighted by molar-refractivity contribution is 6.10. The number of furan rings is 1. The summed E-state index contributed by atoms with van der Waals surface area (Å²) in [6.07, 6.45) is 5.49. The zero-order chi connectivity index (χ0) is 21.2. The molecule has 1 aliphatic carbocycles. The average molecular weight is 418 g/mol. The topological polar surface area (TPSA) is 80.5 Å². The largest absolute Gasteiger partial charge is 0.442 e. The molecule has 0 bridgehead atoms. The Hall–Kier alpha value is -2.93. The first-order valence-corrected chi connectivity index (χ1v) is 11.0. The number of piperidine rings is 1. The first kappa shape index (κ1) is 18.8. The zero-order valence-corrected chi connectivity index (χ0v) is 17.9. The number of carbonyl (C=O) groups is 1. The number of hydrogen-bond acceptors (Lipinski definition) is 6. The van der Waals surface area contributed by atoms with Crippen molar-refractivity contribution < 1.29 is 13.9 Å². The molecule has 1 atom stereocenters. The van der Waals surface area contributed by atoms with Crippen LogP contribution < -0.4 is 5.32 Å². The van der Waals surface area contributed by atoms with Gasteiger partial charge in [0.15, 0.2) is 0 Å². The summed E-state index contributed by atoms with van der Waals surface area (Å²) in [5, 5.41) is 4.19. The lowest BCUT2D eigenvalue weighted by atomic mass is 9.85. The number of ether oxygens (including phenoxy) is 1. The third-order valence-electron chi connectivity index (χ3n) is 7.05. The van der Waals surface area contributed by atoms with Crippen molar-refractivity contribution in [2.45, 2.75) is 57.3 Å². The monoisotopic (exact) mass is 418 g/mol. The van der Waals surface area contributed by atoms with Gasteiger partial charge in [0.25, 0.3) is 5.91 Å². The summed E-state index contributed by atoms with van der Waals surface area (Å²) >= 11 is 0. The minimum Gasteiger partial charge on any atom is -0.442 e. The summed E-state index contributed by atoms with van der Waals surface area (Å²) in [7, 11) is 0. The fraction of sp³-hybridized carbons (Fsp3) is 0.458. The average Bonchev–Trinajstić information content (AvgIpc) is 3.25. The van der Waals surface area contributed by atoms with E-state index in [1.54, 1.807) is 0 Å². The molecular weight excluding hydrogens is 392 g/mol. The Morgan fingerprint density at radius 2 is 2.03 bits per heavy atom. The summed E-state index contributed by atoms with van der Waals surface area (Å²) in [4.78, 5) is 24.5. The molecule has 0 radical (unpaired) electrons. The van der Waals surface area contributed by atoms with Gasteiger partial charge < -0.3 is 19.4 Å². The van der Waals surface area contributed by atoms with Gasteiger partial charge in [-0.05, 0) is 50.7 Å². The number of rotatable bonds is 3. The van der Waals surface area contributed by atoms with Crippen molar-refractivity contribution in [2.24, 2.45) is 0 Å². The number of amides is 1. The maximum atomic E-state index is 13.8. The van der Waals surface area contributed by atoms with Crippen molar-refractivity contribution in [2.75, 3.05) is 18.4 Å². The van der Waals surface area contributed by atoms with Crippen LogP contribution in [-0.4, -0.2) is 39.4 Å². The second-order valence-corrected chi connectivity index (χ2v) is 9.39. The van der Waals surface area contributed by atoms with E-state index in [9.17, 15) is 4.79 Å². The summed E-state index contributed by atoms with van der Waals surface area (Å²) in [6, 6.07) is 8.35. The van der Waals surface area contributed by atoms with Crippen LogP contribution in [-0.2, 0) is 16.9 Å². The van der Waals surface area contributed by atoms with Crippen molar-refractivity contribution >= 4 is 22.8 Å². The molecule has 1 aromatic carbocycles. The maximum Gasteiger partial charge on any atom is 0.258 e. The van der Waals surface area contributed by atoms with Crippen LogP contribution in [0.1, 0.15) is 59.9 Å². The molecule has 1 unspecified atom stereocenters. The number of anilines is 1. The predicted molar refractivity (Wildman–Crippen MR) is 116 cm³/mol. The van der Waals surface area contributed by atoms with E-state index in [4.69, 9.17) is 9.15 Å². The number of likely N-dealkylation sites (tertiary alicyclic amines) is 1. The number of nitrogens with zero attached hydrogens (tertiary/aromatic N) is 3. The number of fused-ring (bicyclic) bond motifs is 3. The molecule has 1 amide bonds. The second-order valence-electron chi connectivity index (χ2n) is 9.39. The second kappa shape index (κ2) is 6.53. The maximum absolute atomic E-state index is 13.8. The lowest BCUT2D eigenvalue weighted by Gasteiger charge is -2.40. The molecule has 6 rings (SSSR count). The quantitative estimate of drug-likeness (QED) is 0.688. The van der Waals surface area contributed by atoms with Crippen LogP contribution in [0.15, 0.2) is 35.0 Å². The fourth-order valence-electron chi connectivity index (χ4n) is 5.07. The highest BCUT2D eigenvalue weighted by Gasteiger charge is 2.45. The molecule has 1 saturated carbocycles. The van der Waals surface area contributed by atoms with Crippen molar-refractivity contribution in [3.05, 3.63) is 53.0 Å². The van der Waals surface area contributed by atoms with Gasteiger partial charge in [-0.3, -0.25) is 4.79 Å². The Labute approximate surface area is 180 Å². The van der Waals surface area contributed by atoms with E-state index in [0.29, 0.717) is 47.9 Å². The highest BCUT2D eigenvalue weighted by Crippen LogP contribution is 2.44.